The van der Waals surface area contributed by atoms with E-state index in [1.165, 1.54) is 11.8 Å². The second-order valence-corrected chi connectivity index (χ2v) is 7.05. The zero-order chi connectivity index (χ0) is 20.8. The number of hydrogen-bond donors (Lipinski definition) is 3. The molecule has 0 fully saturated rings. The lowest BCUT2D eigenvalue weighted by atomic mass is 10.2. The number of benzene rings is 2. The van der Waals surface area contributed by atoms with Gasteiger partial charge in [0.2, 0.25) is 0 Å². The van der Waals surface area contributed by atoms with Crippen molar-refractivity contribution < 1.29 is 27.7 Å². The van der Waals surface area contributed by atoms with Crippen molar-refractivity contribution in [2.24, 2.45) is 0 Å². The highest BCUT2D eigenvalue weighted by Crippen LogP contribution is 2.24. The van der Waals surface area contributed by atoms with Gasteiger partial charge in [0.15, 0.2) is 30.0 Å². The lowest BCUT2D eigenvalue weighted by Crippen LogP contribution is -3.14. The first-order valence-electron chi connectivity index (χ1n) is 8.44. The molecule has 0 aromatic heterocycles. The summed E-state index contributed by atoms with van der Waals surface area (Å²) in [6, 6.07) is 8.26. The summed E-state index contributed by atoms with van der Waals surface area (Å²) >= 11 is 1.49. The topological polar surface area (TPSA) is 62.6 Å². The van der Waals surface area contributed by atoms with Crippen LogP contribution in [0, 0.1) is 17.5 Å². The van der Waals surface area contributed by atoms with E-state index in [0.29, 0.717) is 10.6 Å². The molecule has 2 amide bonds. The Bertz CT molecular complexity index is 879. The first-order valence-corrected chi connectivity index (χ1v) is 9.66. The van der Waals surface area contributed by atoms with Gasteiger partial charge in [-0.3, -0.25) is 9.59 Å². The normalized spacial score (nSPS) is 12.9. The second-order valence-electron chi connectivity index (χ2n) is 6.21. The fourth-order valence-electron chi connectivity index (χ4n) is 2.44. The summed E-state index contributed by atoms with van der Waals surface area (Å²) in [7, 11) is 1.63. The highest BCUT2D eigenvalue weighted by atomic mass is 32.2. The number of amides is 2. The van der Waals surface area contributed by atoms with Gasteiger partial charge in [0.1, 0.15) is 0 Å². The minimum absolute atomic E-state index is 0.0163. The van der Waals surface area contributed by atoms with Gasteiger partial charge in [-0.15, -0.1) is 11.8 Å². The maximum atomic E-state index is 13.7. The van der Waals surface area contributed by atoms with E-state index in [1.807, 2.05) is 18.4 Å². The lowest BCUT2D eigenvalue weighted by molar-refractivity contribution is -0.885. The van der Waals surface area contributed by atoms with Crippen molar-refractivity contribution in [3.05, 3.63) is 53.8 Å². The number of rotatable bonds is 7. The molecule has 3 N–H and O–H groups in total. The van der Waals surface area contributed by atoms with E-state index in [1.54, 1.807) is 26.1 Å². The molecule has 150 valence electrons. The number of halogens is 3. The van der Waals surface area contributed by atoms with Crippen molar-refractivity contribution in [2.75, 3.05) is 30.5 Å². The Kier molecular flexibility index (Phi) is 7.47. The molecule has 0 aliphatic rings. The molecule has 2 rings (SSSR count). The number of nitrogens with one attached hydrogen (secondary N) is 3. The molecule has 0 aliphatic heterocycles. The van der Waals surface area contributed by atoms with Gasteiger partial charge in [0, 0.05) is 4.90 Å². The number of carbonyl (C=O) groups is 2. The Morgan fingerprint density at radius 1 is 1.04 bits per heavy atom. The number of anilines is 2. The third-order valence-electron chi connectivity index (χ3n) is 4.25. The minimum atomic E-state index is -1.65. The number of carbonyl (C=O) groups excluding carboxylic acids is 2. The molecule has 9 heteroatoms. The van der Waals surface area contributed by atoms with Crippen LogP contribution in [0.3, 0.4) is 0 Å². The van der Waals surface area contributed by atoms with Crippen molar-refractivity contribution in [2.45, 2.75) is 17.9 Å². The largest absolute Gasteiger partial charge is 0.320 e. The molecule has 0 bridgehead atoms. The molecule has 5 nitrogen and oxygen atoms in total. The number of para-hydroxylation sites is 1. The van der Waals surface area contributed by atoms with Gasteiger partial charge in [0.05, 0.1) is 18.4 Å². The van der Waals surface area contributed by atoms with Crippen LogP contribution < -0.4 is 15.5 Å². The molecule has 2 atom stereocenters. The maximum Gasteiger partial charge on any atom is 0.282 e. The fourth-order valence-corrected chi connectivity index (χ4v) is 2.99. The average Bonchev–Trinajstić information content (AvgIpc) is 2.68. The Morgan fingerprint density at radius 3 is 2.39 bits per heavy atom. The van der Waals surface area contributed by atoms with Crippen molar-refractivity contribution in [3.63, 3.8) is 0 Å². The van der Waals surface area contributed by atoms with Crippen molar-refractivity contribution >= 4 is 35.0 Å². The average molecular weight is 412 g/mol. The highest BCUT2D eigenvalue weighted by molar-refractivity contribution is 7.98. The Labute approximate surface area is 165 Å². The highest BCUT2D eigenvalue weighted by Gasteiger charge is 2.26. The zero-order valence-corrected chi connectivity index (χ0v) is 16.4. The first-order chi connectivity index (χ1) is 13.2. The van der Waals surface area contributed by atoms with E-state index < -0.39 is 35.1 Å². The number of hydrogen-bond acceptors (Lipinski definition) is 3. The Hall–Kier alpha value is -2.52. The third kappa shape index (κ3) is 5.26. The predicted octanol–water partition coefficient (Wildman–Crippen LogP) is 2.31. The van der Waals surface area contributed by atoms with E-state index >= 15 is 0 Å². The van der Waals surface area contributed by atoms with Gasteiger partial charge in [-0.1, -0.05) is 12.1 Å². The van der Waals surface area contributed by atoms with E-state index in [-0.39, 0.29) is 12.5 Å². The number of thioether (sulfide) groups is 1. The second kappa shape index (κ2) is 9.61. The summed E-state index contributed by atoms with van der Waals surface area (Å²) in [4.78, 5) is 26.0. The quantitative estimate of drug-likeness (QED) is 0.483. The van der Waals surface area contributed by atoms with Crippen molar-refractivity contribution in [1.82, 2.24) is 0 Å². The van der Waals surface area contributed by atoms with Crippen LogP contribution >= 0.6 is 11.8 Å². The van der Waals surface area contributed by atoms with Crippen LogP contribution in [0.4, 0.5) is 24.5 Å². The number of quaternary nitrogens is 1. The van der Waals surface area contributed by atoms with Crippen molar-refractivity contribution in [1.29, 1.82) is 0 Å². The standard InChI is InChI=1S/C19H20F3N3O2S/c1-11(19(27)24-14-9-8-12(20)17(21)18(14)22)25(2)10-16(26)23-13-6-4-5-7-15(13)28-3/h4-9,11H,10H2,1-3H3,(H,23,26)(H,24,27)/p+1/t11-/m0/s1. The number of likely N-dealkylation sites (N-methyl/N-ethyl adjacent to an activating group) is 1. The van der Waals surface area contributed by atoms with Crippen LogP contribution in [0.25, 0.3) is 0 Å². The summed E-state index contributed by atoms with van der Waals surface area (Å²) in [6.07, 6.45) is 1.90. The first kappa shape index (κ1) is 21.8. The molecular weight excluding hydrogens is 391 g/mol. The van der Waals surface area contributed by atoms with Gasteiger partial charge in [-0.05, 0) is 37.4 Å². The monoisotopic (exact) mass is 412 g/mol. The summed E-state index contributed by atoms with van der Waals surface area (Å²) in [5.41, 5.74) is 0.218. The van der Waals surface area contributed by atoms with Crippen LogP contribution in [0.15, 0.2) is 41.3 Å². The third-order valence-corrected chi connectivity index (χ3v) is 5.04. The maximum absolute atomic E-state index is 13.7. The molecule has 0 saturated heterocycles. The van der Waals surface area contributed by atoms with E-state index in [0.717, 1.165) is 17.0 Å². The SMILES string of the molecule is CSc1ccccc1NC(=O)C[NH+](C)[C@@H](C)C(=O)Nc1ccc(F)c(F)c1F. The van der Waals surface area contributed by atoms with Crippen LogP contribution in [-0.2, 0) is 9.59 Å². The van der Waals surface area contributed by atoms with Crippen LogP contribution in [0.2, 0.25) is 0 Å². The summed E-state index contributed by atoms with van der Waals surface area (Å²) in [5.74, 6) is -5.38. The molecule has 0 spiro atoms. The molecule has 28 heavy (non-hydrogen) atoms. The minimum Gasteiger partial charge on any atom is -0.320 e. The van der Waals surface area contributed by atoms with Gasteiger partial charge in [-0.25, -0.2) is 13.2 Å². The zero-order valence-electron chi connectivity index (χ0n) is 15.6. The Balaban J connectivity index is 1.98. The molecule has 2 aromatic rings. The lowest BCUT2D eigenvalue weighted by Gasteiger charge is -2.21. The van der Waals surface area contributed by atoms with Gasteiger partial charge in [0.25, 0.3) is 11.8 Å². The molecule has 1 unspecified atom stereocenters. The summed E-state index contributed by atoms with van der Waals surface area (Å²) < 4.78 is 40.0. The van der Waals surface area contributed by atoms with Crippen LogP contribution in [0.1, 0.15) is 6.92 Å². The molecule has 0 heterocycles. The molecule has 2 aromatic carbocycles. The van der Waals surface area contributed by atoms with Gasteiger partial charge in [-0.2, -0.15) is 0 Å². The fraction of sp³-hybridized carbons (Fsp3) is 0.263. The predicted molar refractivity (Wildman–Crippen MR) is 103 cm³/mol. The summed E-state index contributed by atoms with van der Waals surface area (Å²) in [6.45, 7) is 1.53. The molecule has 0 saturated carbocycles. The van der Waals surface area contributed by atoms with Crippen LogP contribution in [0.5, 0.6) is 0 Å². The molecular formula is C19H21F3N3O2S+. The van der Waals surface area contributed by atoms with Crippen LogP contribution in [-0.4, -0.2) is 37.7 Å². The summed E-state index contributed by atoms with van der Waals surface area (Å²) in [5, 5.41) is 5.02. The molecule has 0 aliphatic carbocycles. The smallest absolute Gasteiger partial charge is 0.282 e. The van der Waals surface area contributed by atoms with E-state index in [2.05, 4.69) is 10.6 Å². The van der Waals surface area contributed by atoms with E-state index in [9.17, 15) is 22.8 Å². The Morgan fingerprint density at radius 2 is 1.71 bits per heavy atom. The van der Waals surface area contributed by atoms with Gasteiger partial charge >= 0.3 is 0 Å². The van der Waals surface area contributed by atoms with E-state index in [4.69, 9.17) is 0 Å². The molecule has 0 radical (unpaired) electrons. The van der Waals surface area contributed by atoms with Gasteiger partial charge < -0.3 is 15.5 Å². The van der Waals surface area contributed by atoms with Crippen molar-refractivity contribution in [3.8, 4) is 0 Å².